The van der Waals surface area contributed by atoms with Gasteiger partial charge >= 0.3 is 0 Å². The van der Waals surface area contributed by atoms with E-state index in [1.807, 2.05) is 104 Å². The summed E-state index contributed by atoms with van der Waals surface area (Å²) in [5.41, 5.74) is 4.50. The highest BCUT2D eigenvalue weighted by molar-refractivity contribution is 7.92. The molecule has 0 saturated heterocycles. The molecule has 0 radical (unpaired) electrons. The zero-order valence-corrected chi connectivity index (χ0v) is 22.0. The number of aryl methyl sites for hydroxylation is 1. The minimum Gasteiger partial charge on any atom is -0.207 e. The van der Waals surface area contributed by atoms with Crippen LogP contribution in [0.25, 0.3) is 28.6 Å². The van der Waals surface area contributed by atoms with Crippen LogP contribution in [0.4, 0.5) is 5.95 Å². The van der Waals surface area contributed by atoms with Crippen LogP contribution in [-0.4, -0.2) is 29.8 Å². The predicted octanol–water partition coefficient (Wildman–Crippen LogP) is 6.41. The molecule has 0 unspecified atom stereocenters. The quantitative estimate of drug-likeness (QED) is 0.171. The largest absolute Gasteiger partial charge is 0.286 e. The first-order valence-corrected chi connectivity index (χ1v) is 13.7. The van der Waals surface area contributed by atoms with Crippen LogP contribution in [0, 0.1) is 6.92 Å². The van der Waals surface area contributed by atoms with Crippen LogP contribution in [0.15, 0.2) is 131 Å². The minimum atomic E-state index is -4.16. The van der Waals surface area contributed by atoms with E-state index in [4.69, 9.17) is 4.98 Å². The molecule has 192 valence electrons. The molecule has 39 heavy (non-hydrogen) atoms. The Labute approximate surface area is 227 Å². The first-order valence-electron chi connectivity index (χ1n) is 12.3. The van der Waals surface area contributed by atoms with Crippen molar-refractivity contribution in [3.63, 3.8) is 0 Å². The molecule has 0 aliphatic heterocycles. The lowest BCUT2D eigenvalue weighted by atomic mass is 10.0. The van der Waals surface area contributed by atoms with Crippen molar-refractivity contribution in [2.45, 2.75) is 11.8 Å². The average Bonchev–Trinajstić information content (AvgIpc) is 2.98. The highest BCUT2D eigenvalue weighted by atomic mass is 32.2. The molecule has 7 nitrogen and oxygen atoms in total. The van der Waals surface area contributed by atoms with Gasteiger partial charge in [0.1, 0.15) is 11.4 Å². The Hall–Kier alpha value is -4.95. The van der Waals surface area contributed by atoms with Gasteiger partial charge in [-0.25, -0.2) is 4.98 Å². The molecule has 0 amide bonds. The van der Waals surface area contributed by atoms with Gasteiger partial charge in [0.25, 0.3) is 16.0 Å². The SMILES string of the molecule is Cc1ccc(S(=O)(=O)N(/N=C/C=C\c2ccccc2)c2nnc(-c3ccccc3)c(-c3ccccc3)n2)cc1. The fourth-order valence-electron chi connectivity index (χ4n) is 3.83. The van der Waals surface area contributed by atoms with E-state index in [-0.39, 0.29) is 10.8 Å². The normalized spacial score (nSPS) is 11.7. The van der Waals surface area contributed by atoms with Crippen molar-refractivity contribution in [3.05, 3.63) is 132 Å². The van der Waals surface area contributed by atoms with Gasteiger partial charge in [-0.2, -0.15) is 13.5 Å². The summed E-state index contributed by atoms with van der Waals surface area (Å²) in [6.07, 6.45) is 4.89. The second kappa shape index (κ2) is 11.6. The van der Waals surface area contributed by atoms with Gasteiger partial charge in [-0.05, 0) is 30.7 Å². The molecular formula is C31H25N5O2S. The van der Waals surface area contributed by atoms with Crippen molar-refractivity contribution in [2.75, 3.05) is 4.41 Å². The van der Waals surface area contributed by atoms with Crippen molar-refractivity contribution in [1.82, 2.24) is 15.2 Å². The van der Waals surface area contributed by atoms with Crippen molar-refractivity contribution >= 4 is 28.3 Å². The molecular weight excluding hydrogens is 506 g/mol. The number of sulfonamides is 1. The summed E-state index contributed by atoms with van der Waals surface area (Å²) in [7, 11) is -4.16. The van der Waals surface area contributed by atoms with E-state index < -0.39 is 10.0 Å². The van der Waals surface area contributed by atoms with E-state index in [9.17, 15) is 8.42 Å². The molecule has 4 aromatic carbocycles. The van der Waals surface area contributed by atoms with E-state index in [0.717, 1.165) is 26.7 Å². The molecule has 8 heteroatoms. The molecule has 0 saturated carbocycles. The molecule has 0 fully saturated rings. The van der Waals surface area contributed by atoms with E-state index >= 15 is 0 Å². The van der Waals surface area contributed by atoms with Gasteiger partial charge in [0.2, 0.25) is 0 Å². The van der Waals surface area contributed by atoms with E-state index in [1.165, 1.54) is 18.3 Å². The summed E-state index contributed by atoms with van der Waals surface area (Å²) in [6, 6.07) is 35.2. The van der Waals surface area contributed by atoms with Gasteiger partial charge in [-0.3, -0.25) is 0 Å². The Morgan fingerprint density at radius 3 is 1.87 bits per heavy atom. The number of benzene rings is 4. The number of aromatic nitrogens is 3. The number of allylic oxidation sites excluding steroid dienone is 1. The fourth-order valence-corrected chi connectivity index (χ4v) is 4.99. The summed E-state index contributed by atoms with van der Waals surface area (Å²) >= 11 is 0. The maximum atomic E-state index is 13.8. The first kappa shape index (κ1) is 25.7. The molecule has 0 N–H and O–H groups in total. The zero-order valence-electron chi connectivity index (χ0n) is 21.2. The van der Waals surface area contributed by atoms with Crippen molar-refractivity contribution in [3.8, 4) is 22.5 Å². The summed E-state index contributed by atoms with van der Waals surface area (Å²) < 4.78 is 28.4. The van der Waals surface area contributed by atoms with Crippen LogP contribution in [0.5, 0.6) is 0 Å². The lowest BCUT2D eigenvalue weighted by Crippen LogP contribution is -2.28. The number of hydrogen-bond donors (Lipinski definition) is 0. The van der Waals surface area contributed by atoms with Crippen molar-refractivity contribution in [2.24, 2.45) is 5.10 Å². The molecule has 5 rings (SSSR count). The second-order valence-electron chi connectivity index (χ2n) is 8.64. The number of hydrazone groups is 1. The summed E-state index contributed by atoms with van der Waals surface area (Å²) in [4.78, 5) is 4.77. The third-order valence-corrected chi connectivity index (χ3v) is 7.41. The minimum absolute atomic E-state index is 0.0642. The standard InChI is InChI=1S/C31H25N5O2S/c1-24-19-21-28(22-20-24)39(37,38)36(32-23-11-14-25-12-5-2-6-13-25)31-33-29(26-15-7-3-8-16-26)30(34-35-31)27-17-9-4-10-18-27/h2-23H,1H3/b14-11-,32-23+. The van der Waals surface area contributed by atoms with Crippen LogP contribution in [-0.2, 0) is 10.0 Å². The molecule has 0 spiro atoms. The third kappa shape index (κ3) is 5.97. The number of anilines is 1. The predicted molar refractivity (Wildman–Crippen MR) is 156 cm³/mol. The van der Waals surface area contributed by atoms with Crippen LogP contribution in [0.1, 0.15) is 11.1 Å². The molecule has 0 atom stereocenters. The molecule has 1 aromatic heterocycles. The number of hydrogen-bond acceptors (Lipinski definition) is 6. The van der Waals surface area contributed by atoms with E-state index in [1.54, 1.807) is 18.2 Å². The second-order valence-corrected chi connectivity index (χ2v) is 10.4. The highest BCUT2D eigenvalue weighted by Crippen LogP contribution is 2.31. The monoisotopic (exact) mass is 531 g/mol. The van der Waals surface area contributed by atoms with E-state index in [2.05, 4.69) is 15.3 Å². The smallest absolute Gasteiger partial charge is 0.207 e. The topological polar surface area (TPSA) is 88.4 Å². The Morgan fingerprint density at radius 1 is 0.692 bits per heavy atom. The lowest BCUT2D eigenvalue weighted by molar-refractivity contribution is 0.590. The average molecular weight is 532 g/mol. The molecule has 1 heterocycles. The molecule has 0 aliphatic carbocycles. The van der Waals surface area contributed by atoms with Crippen LogP contribution < -0.4 is 4.41 Å². The van der Waals surface area contributed by atoms with Crippen LogP contribution in [0.3, 0.4) is 0 Å². The summed E-state index contributed by atoms with van der Waals surface area (Å²) in [6.45, 7) is 1.89. The van der Waals surface area contributed by atoms with Crippen molar-refractivity contribution < 1.29 is 8.42 Å². The maximum absolute atomic E-state index is 13.8. The summed E-state index contributed by atoms with van der Waals surface area (Å²) in [5.74, 6) is -0.168. The van der Waals surface area contributed by atoms with E-state index in [0.29, 0.717) is 11.4 Å². The molecule has 0 bridgehead atoms. The van der Waals surface area contributed by atoms with Crippen LogP contribution in [0.2, 0.25) is 0 Å². The fraction of sp³-hybridized carbons (Fsp3) is 0.0323. The summed E-state index contributed by atoms with van der Waals surface area (Å²) in [5, 5.41) is 13.0. The molecule has 5 aromatic rings. The zero-order chi connectivity index (χ0) is 27.1. The van der Waals surface area contributed by atoms with Crippen LogP contribution >= 0.6 is 0 Å². The highest BCUT2D eigenvalue weighted by Gasteiger charge is 2.28. The third-order valence-electron chi connectivity index (χ3n) is 5.83. The lowest BCUT2D eigenvalue weighted by Gasteiger charge is -2.18. The number of rotatable bonds is 8. The van der Waals surface area contributed by atoms with Gasteiger partial charge in [-0.15, -0.1) is 14.6 Å². The van der Waals surface area contributed by atoms with Gasteiger partial charge in [-0.1, -0.05) is 115 Å². The Morgan fingerprint density at radius 2 is 1.26 bits per heavy atom. The first-order chi connectivity index (χ1) is 19.0. The van der Waals surface area contributed by atoms with Crippen molar-refractivity contribution in [1.29, 1.82) is 0 Å². The van der Waals surface area contributed by atoms with Gasteiger partial charge in [0, 0.05) is 17.3 Å². The van der Waals surface area contributed by atoms with Gasteiger partial charge in [0.05, 0.1) is 4.90 Å². The Balaban J connectivity index is 1.63. The number of nitrogens with zero attached hydrogens (tertiary/aromatic N) is 5. The van der Waals surface area contributed by atoms with Gasteiger partial charge < -0.3 is 0 Å². The maximum Gasteiger partial charge on any atom is 0.286 e. The molecule has 0 aliphatic rings. The van der Waals surface area contributed by atoms with Gasteiger partial charge in [0.15, 0.2) is 0 Å². The Bertz CT molecular complexity index is 1710. The Kier molecular flexibility index (Phi) is 7.65.